The maximum Gasteiger partial charge on any atom is 0.140 e. The van der Waals surface area contributed by atoms with Crippen molar-refractivity contribution in [2.45, 2.75) is 26.4 Å². The van der Waals surface area contributed by atoms with Gasteiger partial charge in [0.2, 0.25) is 0 Å². The highest BCUT2D eigenvalue weighted by atomic mass is 127. The molecule has 0 aliphatic carbocycles. The summed E-state index contributed by atoms with van der Waals surface area (Å²) in [6.45, 7) is 4.91. The van der Waals surface area contributed by atoms with E-state index in [0.29, 0.717) is 12.6 Å². The Morgan fingerprint density at radius 1 is 1.10 bits per heavy atom. The summed E-state index contributed by atoms with van der Waals surface area (Å²) in [6, 6.07) is 14.1. The van der Waals surface area contributed by atoms with Crippen molar-refractivity contribution in [3.63, 3.8) is 0 Å². The van der Waals surface area contributed by atoms with Crippen molar-refractivity contribution in [1.82, 2.24) is 5.32 Å². The molecule has 0 unspecified atom stereocenters. The average Bonchev–Trinajstić information content (AvgIpc) is 2.40. The van der Waals surface area contributed by atoms with E-state index in [-0.39, 0.29) is 0 Å². The molecule has 0 atom stereocenters. The molecule has 0 aliphatic heterocycles. The van der Waals surface area contributed by atoms with Crippen molar-refractivity contribution in [3.05, 3.63) is 56.6 Å². The predicted molar refractivity (Wildman–Crippen MR) is 92.7 cm³/mol. The number of benzene rings is 2. The van der Waals surface area contributed by atoms with E-state index >= 15 is 0 Å². The first-order valence-corrected chi connectivity index (χ1v) is 7.96. The normalized spacial score (nSPS) is 10.8. The monoisotopic (exact) mass is 401 g/mol. The number of nitrogens with one attached hydrogen (secondary N) is 1. The van der Waals surface area contributed by atoms with Crippen molar-refractivity contribution in [3.8, 4) is 11.5 Å². The largest absolute Gasteiger partial charge is 0.456 e. The zero-order valence-electron chi connectivity index (χ0n) is 11.5. The number of ether oxygens (including phenoxy) is 1. The minimum absolute atomic E-state index is 0.399. The first-order chi connectivity index (χ1) is 9.58. The van der Waals surface area contributed by atoms with Crippen LogP contribution in [-0.4, -0.2) is 6.04 Å². The molecule has 0 saturated heterocycles. The molecular weight excluding hydrogens is 385 g/mol. The Morgan fingerprint density at radius 2 is 1.80 bits per heavy atom. The second kappa shape index (κ2) is 7.29. The SMILES string of the molecule is CC(C)NCc1c(Cl)cccc1Oc1ccccc1I. The molecule has 2 aromatic rings. The van der Waals surface area contributed by atoms with Crippen LogP contribution < -0.4 is 10.1 Å². The lowest BCUT2D eigenvalue weighted by molar-refractivity contribution is 0.466. The zero-order chi connectivity index (χ0) is 14.5. The van der Waals surface area contributed by atoms with Crippen LogP contribution in [0.5, 0.6) is 11.5 Å². The van der Waals surface area contributed by atoms with Gasteiger partial charge in [0.05, 0.1) is 3.57 Å². The summed E-state index contributed by atoms with van der Waals surface area (Å²) in [5.74, 6) is 1.65. The summed E-state index contributed by atoms with van der Waals surface area (Å²) < 4.78 is 7.10. The first-order valence-electron chi connectivity index (χ1n) is 6.51. The summed E-state index contributed by atoms with van der Waals surface area (Å²) in [5, 5.41) is 4.10. The molecule has 0 fully saturated rings. The molecule has 106 valence electrons. The van der Waals surface area contributed by atoms with Gasteiger partial charge in [0.25, 0.3) is 0 Å². The smallest absolute Gasteiger partial charge is 0.140 e. The van der Waals surface area contributed by atoms with Gasteiger partial charge in [0.1, 0.15) is 11.5 Å². The Morgan fingerprint density at radius 3 is 2.50 bits per heavy atom. The van der Waals surface area contributed by atoms with Crippen LogP contribution in [-0.2, 0) is 6.54 Å². The molecule has 1 N–H and O–H groups in total. The van der Waals surface area contributed by atoms with Gasteiger partial charge in [-0.3, -0.25) is 0 Å². The van der Waals surface area contributed by atoms with Gasteiger partial charge in [0, 0.05) is 23.2 Å². The summed E-state index contributed by atoms with van der Waals surface area (Å²) in [4.78, 5) is 0. The Balaban J connectivity index is 2.27. The Labute approximate surface area is 138 Å². The minimum Gasteiger partial charge on any atom is -0.456 e. The lowest BCUT2D eigenvalue weighted by Crippen LogP contribution is -2.22. The van der Waals surface area contributed by atoms with Crippen LogP contribution in [0, 0.1) is 3.57 Å². The van der Waals surface area contributed by atoms with Crippen LogP contribution in [0.4, 0.5) is 0 Å². The highest BCUT2D eigenvalue weighted by Gasteiger charge is 2.11. The Kier molecular flexibility index (Phi) is 5.69. The fourth-order valence-corrected chi connectivity index (χ4v) is 2.49. The van der Waals surface area contributed by atoms with Gasteiger partial charge in [0.15, 0.2) is 0 Å². The van der Waals surface area contributed by atoms with Gasteiger partial charge in [-0.25, -0.2) is 0 Å². The van der Waals surface area contributed by atoms with Crippen molar-refractivity contribution in [1.29, 1.82) is 0 Å². The van der Waals surface area contributed by atoms with E-state index in [4.69, 9.17) is 16.3 Å². The number of rotatable bonds is 5. The molecule has 0 amide bonds. The van der Waals surface area contributed by atoms with E-state index in [0.717, 1.165) is 25.7 Å². The third kappa shape index (κ3) is 4.11. The van der Waals surface area contributed by atoms with E-state index in [1.54, 1.807) is 0 Å². The van der Waals surface area contributed by atoms with Gasteiger partial charge < -0.3 is 10.1 Å². The second-order valence-electron chi connectivity index (χ2n) is 4.78. The molecule has 2 nitrogen and oxygen atoms in total. The third-order valence-corrected chi connectivity index (χ3v) is 4.06. The van der Waals surface area contributed by atoms with E-state index in [2.05, 4.69) is 41.8 Å². The van der Waals surface area contributed by atoms with Crippen LogP contribution in [0.2, 0.25) is 5.02 Å². The van der Waals surface area contributed by atoms with E-state index in [1.165, 1.54) is 0 Å². The summed E-state index contributed by atoms with van der Waals surface area (Å²) in [6.07, 6.45) is 0. The maximum atomic E-state index is 6.30. The van der Waals surface area contributed by atoms with Crippen LogP contribution in [0.15, 0.2) is 42.5 Å². The van der Waals surface area contributed by atoms with Gasteiger partial charge in [-0.05, 0) is 46.9 Å². The van der Waals surface area contributed by atoms with E-state index in [1.807, 2.05) is 42.5 Å². The standard InChI is InChI=1S/C16H17ClINO/c1-11(2)19-10-12-13(17)6-5-9-15(12)20-16-8-4-3-7-14(16)18/h3-9,11,19H,10H2,1-2H3. The maximum absolute atomic E-state index is 6.30. The molecule has 0 saturated carbocycles. The Hall–Kier alpha value is -0.780. The highest BCUT2D eigenvalue weighted by molar-refractivity contribution is 14.1. The molecule has 0 aliphatic rings. The highest BCUT2D eigenvalue weighted by Crippen LogP contribution is 2.32. The molecular formula is C16H17ClINO. The fraction of sp³-hybridized carbons (Fsp3) is 0.250. The van der Waals surface area contributed by atoms with Gasteiger partial charge in [-0.1, -0.05) is 43.6 Å². The first kappa shape index (κ1) is 15.6. The molecule has 2 aromatic carbocycles. The summed E-state index contributed by atoms with van der Waals surface area (Å²) in [5.41, 5.74) is 0.988. The molecule has 0 heterocycles. The predicted octanol–water partition coefficient (Wildman–Crippen LogP) is 5.23. The van der Waals surface area contributed by atoms with E-state index < -0.39 is 0 Å². The third-order valence-electron chi connectivity index (χ3n) is 2.82. The molecule has 0 radical (unpaired) electrons. The topological polar surface area (TPSA) is 21.3 Å². The number of halogens is 2. The fourth-order valence-electron chi connectivity index (χ4n) is 1.76. The second-order valence-corrected chi connectivity index (χ2v) is 6.35. The minimum atomic E-state index is 0.399. The molecule has 20 heavy (non-hydrogen) atoms. The summed E-state index contributed by atoms with van der Waals surface area (Å²) >= 11 is 8.56. The molecule has 2 rings (SSSR count). The average molecular weight is 402 g/mol. The van der Waals surface area contributed by atoms with Crippen molar-refractivity contribution in [2.24, 2.45) is 0 Å². The number of hydrogen-bond acceptors (Lipinski definition) is 2. The van der Waals surface area contributed by atoms with Gasteiger partial charge in [-0.2, -0.15) is 0 Å². The summed E-state index contributed by atoms with van der Waals surface area (Å²) in [7, 11) is 0. The van der Waals surface area contributed by atoms with Crippen LogP contribution in [0.1, 0.15) is 19.4 Å². The van der Waals surface area contributed by atoms with Gasteiger partial charge in [-0.15, -0.1) is 0 Å². The van der Waals surface area contributed by atoms with Crippen LogP contribution >= 0.6 is 34.2 Å². The lowest BCUT2D eigenvalue weighted by atomic mass is 10.2. The van der Waals surface area contributed by atoms with Crippen LogP contribution in [0.25, 0.3) is 0 Å². The molecule has 0 spiro atoms. The van der Waals surface area contributed by atoms with Crippen molar-refractivity contribution >= 4 is 34.2 Å². The molecule has 0 bridgehead atoms. The zero-order valence-corrected chi connectivity index (χ0v) is 14.4. The van der Waals surface area contributed by atoms with E-state index in [9.17, 15) is 0 Å². The van der Waals surface area contributed by atoms with Crippen molar-refractivity contribution in [2.75, 3.05) is 0 Å². The number of para-hydroxylation sites is 1. The lowest BCUT2D eigenvalue weighted by Gasteiger charge is -2.15. The molecule has 0 aromatic heterocycles. The quantitative estimate of drug-likeness (QED) is 0.692. The van der Waals surface area contributed by atoms with Crippen molar-refractivity contribution < 1.29 is 4.74 Å². The molecule has 4 heteroatoms. The Bertz CT molecular complexity index is 586. The number of hydrogen-bond donors (Lipinski definition) is 1. The van der Waals surface area contributed by atoms with Crippen LogP contribution in [0.3, 0.4) is 0 Å². The van der Waals surface area contributed by atoms with Gasteiger partial charge >= 0.3 is 0 Å².